The summed E-state index contributed by atoms with van der Waals surface area (Å²) in [6.07, 6.45) is 0. The highest BCUT2D eigenvalue weighted by Crippen LogP contribution is 2.19. The summed E-state index contributed by atoms with van der Waals surface area (Å²) < 4.78 is 5.07. The molecule has 1 amide bonds. The minimum atomic E-state index is -0.112. The largest absolute Gasteiger partial charge is 0.372 e. The van der Waals surface area contributed by atoms with Gasteiger partial charge in [-0.25, -0.2) is 0 Å². The number of hydrogen-bond donors (Lipinski definition) is 1. The van der Waals surface area contributed by atoms with E-state index in [-0.39, 0.29) is 12.5 Å². The van der Waals surface area contributed by atoms with Gasteiger partial charge in [-0.1, -0.05) is 0 Å². The molecule has 0 unspecified atom stereocenters. The van der Waals surface area contributed by atoms with Gasteiger partial charge >= 0.3 is 0 Å². The maximum absolute atomic E-state index is 11.5. The number of benzene rings is 1. The van der Waals surface area contributed by atoms with Crippen LogP contribution in [-0.2, 0) is 9.53 Å². The summed E-state index contributed by atoms with van der Waals surface area (Å²) in [7, 11) is 2.15. The first-order valence-electron chi connectivity index (χ1n) is 7.10. The van der Waals surface area contributed by atoms with Crippen LogP contribution in [-0.4, -0.2) is 57.2 Å². The third-order valence-electron chi connectivity index (χ3n) is 3.46. The molecule has 5 heteroatoms. The highest BCUT2D eigenvalue weighted by molar-refractivity contribution is 5.91. The van der Waals surface area contributed by atoms with Crippen LogP contribution in [0.15, 0.2) is 24.3 Å². The van der Waals surface area contributed by atoms with Gasteiger partial charge < -0.3 is 19.9 Å². The van der Waals surface area contributed by atoms with Crippen molar-refractivity contribution in [3.63, 3.8) is 0 Å². The molecular weight excluding hydrogens is 254 g/mol. The van der Waals surface area contributed by atoms with Crippen molar-refractivity contribution < 1.29 is 9.53 Å². The first kappa shape index (κ1) is 14.8. The lowest BCUT2D eigenvalue weighted by atomic mass is 10.2. The monoisotopic (exact) mass is 277 g/mol. The topological polar surface area (TPSA) is 44.8 Å². The highest BCUT2D eigenvalue weighted by atomic mass is 16.5. The quantitative estimate of drug-likeness (QED) is 0.884. The smallest absolute Gasteiger partial charge is 0.250 e. The Morgan fingerprint density at radius 2 is 1.85 bits per heavy atom. The molecule has 20 heavy (non-hydrogen) atoms. The summed E-state index contributed by atoms with van der Waals surface area (Å²) in [4.78, 5) is 16.2. The number of nitrogens with one attached hydrogen (secondary N) is 1. The number of hydrogen-bond acceptors (Lipinski definition) is 4. The number of carbonyl (C=O) groups excluding carboxylic acids is 1. The van der Waals surface area contributed by atoms with Crippen molar-refractivity contribution in [3.8, 4) is 0 Å². The molecule has 0 aromatic heterocycles. The normalized spacial score (nSPS) is 16.2. The number of amides is 1. The van der Waals surface area contributed by atoms with E-state index >= 15 is 0 Å². The summed E-state index contributed by atoms with van der Waals surface area (Å²) in [5.74, 6) is -0.112. The Morgan fingerprint density at radius 1 is 1.20 bits per heavy atom. The molecule has 0 saturated carbocycles. The molecule has 1 heterocycles. The van der Waals surface area contributed by atoms with Crippen LogP contribution < -0.4 is 10.2 Å². The number of rotatable bonds is 5. The van der Waals surface area contributed by atoms with Crippen LogP contribution in [0.1, 0.15) is 6.92 Å². The van der Waals surface area contributed by atoms with Crippen LogP contribution in [0.3, 0.4) is 0 Å². The van der Waals surface area contributed by atoms with Gasteiger partial charge in [0.2, 0.25) is 5.91 Å². The molecule has 1 aromatic carbocycles. The van der Waals surface area contributed by atoms with Gasteiger partial charge in [0.05, 0.1) is 0 Å². The van der Waals surface area contributed by atoms with Crippen molar-refractivity contribution in [2.75, 3.05) is 56.7 Å². The second-order valence-electron chi connectivity index (χ2n) is 5.02. The molecule has 1 aliphatic heterocycles. The van der Waals surface area contributed by atoms with E-state index in [9.17, 15) is 4.79 Å². The number of piperazine rings is 1. The van der Waals surface area contributed by atoms with Gasteiger partial charge in [0.15, 0.2) is 0 Å². The van der Waals surface area contributed by atoms with Crippen molar-refractivity contribution in [1.82, 2.24) is 4.90 Å². The lowest BCUT2D eigenvalue weighted by molar-refractivity contribution is -0.120. The summed E-state index contributed by atoms with van der Waals surface area (Å²) >= 11 is 0. The van der Waals surface area contributed by atoms with Gasteiger partial charge in [-0.3, -0.25) is 4.79 Å². The van der Waals surface area contributed by atoms with Crippen molar-refractivity contribution in [1.29, 1.82) is 0 Å². The van der Waals surface area contributed by atoms with E-state index in [0.29, 0.717) is 6.61 Å². The van der Waals surface area contributed by atoms with Crippen LogP contribution in [0.2, 0.25) is 0 Å². The lowest BCUT2D eigenvalue weighted by Gasteiger charge is -2.34. The fraction of sp³-hybridized carbons (Fsp3) is 0.533. The van der Waals surface area contributed by atoms with Gasteiger partial charge in [-0.05, 0) is 38.2 Å². The molecule has 0 atom stereocenters. The lowest BCUT2D eigenvalue weighted by Crippen LogP contribution is -2.44. The molecule has 5 nitrogen and oxygen atoms in total. The van der Waals surface area contributed by atoms with Crippen LogP contribution in [0.25, 0.3) is 0 Å². The Bertz CT molecular complexity index is 425. The Balaban J connectivity index is 1.88. The minimum absolute atomic E-state index is 0.108. The Hall–Kier alpha value is -1.59. The maximum Gasteiger partial charge on any atom is 0.250 e. The summed E-state index contributed by atoms with van der Waals surface area (Å²) in [6.45, 7) is 6.81. The third kappa shape index (κ3) is 4.21. The number of carbonyl (C=O) groups is 1. The molecule has 0 spiro atoms. The van der Waals surface area contributed by atoms with Crippen LogP contribution in [0.5, 0.6) is 0 Å². The van der Waals surface area contributed by atoms with E-state index in [0.717, 1.165) is 31.9 Å². The Labute approximate surface area is 120 Å². The zero-order valence-corrected chi connectivity index (χ0v) is 12.3. The van der Waals surface area contributed by atoms with E-state index in [1.165, 1.54) is 5.69 Å². The molecular formula is C15H23N3O2. The van der Waals surface area contributed by atoms with Gasteiger partial charge in [-0.2, -0.15) is 0 Å². The average molecular weight is 277 g/mol. The molecule has 1 N–H and O–H groups in total. The van der Waals surface area contributed by atoms with Crippen molar-refractivity contribution in [2.45, 2.75) is 6.92 Å². The number of likely N-dealkylation sites (N-methyl/N-ethyl adjacent to an activating group) is 1. The van der Waals surface area contributed by atoms with E-state index in [1.54, 1.807) is 0 Å². The van der Waals surface area contributed by atoms with Crippen molar-refractivity contribution in [2.24, 2.45) is 0 Å². The molecule has 0 aliphatic carbocycles. The molecule has 0 radical (unpaired) electrons. The SMILES string of the molecule is CCOCC(=O)Nc1ccc(N2CCN(C)CC2)cc1. The molecule has 2 rings (SSSR count). The Morgan fingerprint density at radius 3 is 2.45 bits per heavy atom. The standard InChI is InChI=1S/C15H23N3O2/c1-3-20-12-15(19)16-13-4-6-14(7-5-13)18-10-8-17(2)9-11-18/h4-7H,3,8-12H2,1-2H3,(H,16,19). The molecule has 0 bridgehead atoms. The second-order valence-corrected chi connectivity index (χ2v) is 5.02. The van der Waals surface area contributed by atoms with Gasteiger partial charge in [0.25, 0.3) is 0 Å². The zero-order valence-electron chi connectivity index (χ0n) is 12.3. The molecule has 1 aromatic rings. The zero-order chi connectivity index (χ0) is 14.4. The van der Waals surface area contributed by atoms with Gasteiger partial charge in [0, 0.05) is 44.2 Å². The predicted molar refractivity (Wildman–Crippen MR) is 81.3 cm³/mol. The molecule has 1 fully saturated rings. The van der Waals surface area contributed by atoms with Gasteiger partial charge in [-0.15, -0.1) is 0 Å². The average Bonchev–Trinajstić information content (AvgIpc) is 2.47. The van der Waals surface area contributed by atoms with E-state index in [1.807, 2.05) is 19.1 Å². The van der Waals surface area contributed by atoms with E-state index < -0.39 is 0 Å². The van der Waals surface area contributed by atoms with Crippen LogP contribution >= 0.6 is 0 Å². The summed E-state index contributed by atoms with van der Waals surface area (Å²) in [5.41, 5.74) is 2.02. The van der Waals surface area contributed by atoms with Crippen LogP contribution in [0, 0.1) is 0 Å². The second kappa shape index (κ2) is 7.26. The molecule has 110 valence electrons. The highest BCUT2D eigenvalue weighted by Gasteiger charge is 2.14. The maximum atomic E-state index is 11.5. The number of ether oxygens (including phenoxy) is 1. The van der Waals surface area contributed by atoms with Crippen LogP contribution in [0.4, 0.5) is 11.4 Å². The predicted octanol–water partition coefficient (Wildman–Crippen LogP) is 1.41. The fourth-order valence-electron chi connectivity index (χ4n) is 2.21. The van der Waals surface area contributed by atoms with Crippen molar-refractivity contribution >= 4 is 17.3 Å². The van der Waals surface area contributed by atoms with E-state index in [4.69, 9.17) is 4.74 Å². The number of nitrogens with zero attached hydrogens (tertiary/aromatic N) is 2. The first-order valence-corrected chi connectivity index (χ1v) is 7.10. The van der Waals surface area contributed by atoms with Crippen molar-refractivity contribution in [3.05, 3.63) is 24.3 Å². The minimum Gasteiger partial charge on any atom is -0.372 e. The third-order valence-corrected chi connectivity index (χ3v) is 3.46. The fourth-order valence-corrected chi connectivity index (χ4v) is 2.21. The summed E-state index contributed by atoms with van der Waals surface area (Å²) in [6, 6.07) is 8.00. The molecule has 1 aliphatic rings. The first-order chi connectivity index (χ1) is 9.69. The number of anilines is 2. The summed E-state index contributed by atoms with van der Waals surface area (Å²) in [5, 5.41) is 2.82. The van der Waals surface area contributed by atoms with Gasteiger partial charge in [0.1, 0.15) is 6.61 Å². The Kier molecular flexibility index (Phi) is 5.38. The van der Waals surface area contributed by atoms with E-state index in [2.05, 4.69) is 34.3 Å². The molecule has 1 saturated heterocycles.